The Hall–Kier alpha value is -2.11. The van der Waals surface area contributed by atoms with Gasteiger partial charge in [-0.15, -0.1) is 0 Å². The van der Waals surface area contributed by atoms with Gasteiger partial charge in [0.15, 0.2) is 0 Å². The van der Waals surface area contributed by atoms with E-state index >= 15 is 0 Å². The van der Waals surface area contributed by atoms with Gasteiger partial charge in [-0.1, -0.05) is 0 Å². The zero-order valence-electron chi connectivity index (χ0n) is 13.8. The molecule has 1 saturated heterocycles. The molecule has 2 aromatic rings. The lowest BCUT2D eigenvalue weighted by Crippen LogP contribution is -2.26. The number of aromatic nitrogens is 4. The average molecular weight is 313 g/mol. The topological polar surface area (TPSA) is 56.1 Å². The Morgan fingerprint density at radius 2 is 2.04 bits per heavy atom. The lowest BCUT2D eigenvalue weighted by molar-refractivity contribution is 0.396. The van der Waals surface area contributed by atoms with Gasteiger partial charge in [0.2, 0.25) is 11.8 Å². The summed E-state index contributed by atoms with van der Waals surface area (Å²) in [5.41, 5.74) is 2.72. The molecule has 1 atom stereocenters. The van der Waals surface area contributed by atoms with E-state index in [2.05, 4.69) is 26.5 Å². The molecular formula is C17H23N5O. The fourth-order valence-corrected chi connectivity index (χ4v) is 3.86. The summed E-state index contributed by atoms with van der Waals surface area (Å²) in [5, 5.41) is 0. The quantitative estimate of drug-likeness (QED) is 0.871. The molecule has 1 fully saturated rings. The van der Waals surface area contributed by atoms with Crippen molar-refractivity contribution in [3.63, 3.8) is 0 Å². The maximum Gasteiger partial charge on any atom is 0.229 e. The van der Waals surface area contributed by atoms with Crippen LogP contribution in [0.3, 0.4) is 0 Å². The normalized spacial score (nSPS) is 20.6. The van der Waals surface area contributed by atoms with Gasteiger partial charge in [-0.05, 0) is 38.5 Å². The molecule has 0 saturated carbocycles. The van der Waals surface area contributed by atoms with Crippen molar-refractivity contribution in [1.29, 1.82) is 0 Å². The molecule has 0 radical (unpaired) electrons. The molecule has 23 heavy (non-hydrogen) atoms. The summed E-state index contributed by atoms with van der Waals surface area (Å²) in [7, 11) is 3.80. The van der Waals surface area contributed by atoms with Crippen molar-refractivity contribution in [3.8, 4) is 5.88 Å². The van der Waals surface area contributed by atoms with Crippen molar-refractivity contribution < 1.29 is 4.74 Å². The van der Waals surface area contributed by atoms with E-state index in [4.69, 9.17) is 9.72 Å². The molecule has 122 valence electrons. The van der Waals surface area contributed by atoms with Crippen LogP contribution in [-0.2, 0) is 19.9 Å². The van der Waals surface area contributed by atoms with Gasteiger partial charge in [0.05, 0.1) is 18.8 Å². The first-order chi connectivity index (χ1) is 11.3. The van der Waals surface area contributed by atoms with Crippen molar-refractivity contribution in [2.75, 3.05) is 18.6 Å². The minimum Gasteiger partial charge on any atom is -0.481 e. The van der Waals surface area contributed by atoms with E-state index < -0.39 is 0 Å². The number of ether oxygens (including phenoxy) is 1. The van der Waals surface area contributed by atoms with Gasteiger partial charge >= 0.3 is 0 Å². The van der Waals surface area contributed by atoms with E-state index in [0.717, 1.165) is 38.2 Å². The van der Waals surface area contributed by atoms with Gasteiger partial charge in [-0.3, -0.25) is 0 Å². The number of imidazole rings is 1. The molecule has 6 heteroatoms. The maximum atomic E-state index is 5.25. The minimum atomic E-state index is 0.262. The largest absolute Gasteiger partial charge is 0.481 e. The van der Waals surface area contributed by atoms with Crippen LogP contribution in [0.2, 0.25) is 0 Å². The van der Waals surface area contributed by atoms with Crippen LogP contribution >= 0.6 is 0 Å². The van der Waals surface area contributed by atoms with Gasteiger partial charge < -0.3 is 14.2 Å². The van der Waals surface area contributed by atoms with Crippen LogP contribution < -0.4 is 9.64 Å². The second-order valence-corrected chi connectivity index (χ2v) is 6.38. The summed E-state index contributed by atoms with van der Waals surface area (Å²) in [6.45, 7) is 0.968. The Morgan fingerprint density at radius 1 is 1.17 bits per heavy atom. The number of hydrogen-bond donors (Lipinski definition) is 0. The Labute approximate surface area is 136 Å². The third-order valence-electron chi connectivity index (χ3n) is 5.04. The fourth-order valence-electron chi connectivity index (χ4n) is 3.86. The highest BCUT2D eigenvalue weighted by atomic mass is 16.5. The highest BCUT2D eigenvalue weighted by molar-refractivity contribution is 5.38. The average Bonchev–Trinajstić information content (AvgIpc) is 3.20. The van der Waals surface area contributed by atoms with Crippen molar-refractivity contribution in [1.82, 2.24) is 19.5 Å². The van der Waals surface area contributed by atoms with Crippen LogP contribution in [0.1, 0.15) is 48.9 Å². The lowest BCUT2D eigenvalue weighted by Gasteiger charge is -2.24. The number of anilines is 1. The molecule has 0 unspecified atom stereocenters. The molecule has 0 N–H and O–H groups in total. The molecule has 6 nitrogen and oxygen atoms in total. The molecule has 4 rings (SSSR count). The number of hydrogen-bond acceptors (Lipinski definition) is 5. The second-order valence-electron chi connectivity index (χ2n) is 6.38. The molecule has 2 aliphatic rings. The van der Waals surface area contributed by atoms with Crippen molar-refractivity contribution in [3.05, 3.63) is 29.5 Å². The standard InChI is InChI=1S/C17H23N5O/c1-21-13-7-4-3-6-12(13)19-16(21)14-8-5-11-22(14)17-18-10-9-15(20-17)23-2/h9-10,14H,3-8,11H2,1-2H3/t14-/m0/s1. The monoisotopic (exact) mass is 313 g/mol. The molecule has 2 aromatic heterocycles. The van der Waals surface area contributed by atoms with E-state index in [1.807, 2.05) is 0 Å². The zero-order chi connectivity index (χ0) is 15.8. The first-order valence-corrected chi connectivity index (χ1v) is 8.46. The summed E-state index contributed by atoms with van der Waals surface area (Å²) < 4.78 is 7.56. The summed E-state index contributed by atoms with van der Waals surface area (Å²) >= 11 is 0. The number of rotatable bonds is 3. The number of methoxy groups -OCH3 is 1. The van der Waals surface area contributed by atoms with Crippen LogP contribution in [-0.4, -0.2) is 33.2 Å². The van der Waals surface area contributed by atoms with Crippen LogP contribution in [0.5, 0.6) is 5.88 Å². The van der Waals surface area contributed by atoms with E-state index in [1.54, 1.807) is 19.4 Å². The van der Waals surface area contributed by atoms with E-state index in [9.17, 15) is 0 Å². The molecular weight excluding hydrogens is 290 g/mol. The summed E-state index contributed by atoms with van der Waals surface area (Å²) in [4.78, 5) is 16.2. The van der Waals surface area contributed by atoms with Gasteiger partial charge in [-0.2, -0.15) is 4.98 Å². The lowest BCUT2D eigenvalue weighted by atomic mass is 10.0. The van der Waals surface area contributed by atoms with E-state index in [0.29, 0.717) is 5.88 Å². The van der Waals surface area contributed by atoms with Crippen molar-refractivity contribution in [2.45, 2.75) is 44.6 Å². The van der Waals surface area contributed by atoms with Crippen LogP contribution in [0.4, 0.5) is 5.95 Å². The number of nitrogens with zero attached hydrogens (tertiary/aromatic N) is 5. The molecule has 0 spiro atoms. The predicted octanol–water partition coefficient (Wildman–Crippen LogP) is 2.44. The molecule has 3 heterocycles. The van der Waals surface area contributed by atoms with Crippen LogP contribution in [0.25, 0.3) is 0 Å². The Bertz CT molecular complexity index is 711. The van der Waals surface area contributed by atoms with Crippen molar-refractivity contribution >= 4 is 5.95 Å². The molecule has 1 aliphatic carbocycles. The third kappa shape index (κ3) is 2.46. The summed E-state index contributed by atoms with van der Waals surface area (Å²) in [5.74, 6) is 2.52. The first kappa shape index (κ1) is 14.5. The summed E-state index contributed by atoms with van der Waals surface area (Å²) in [6, 6.07) is 2.05. The molecule has 0 bridgehead atoms. The van der Waals surface area contributed by atoms with Gasteiger partial charge in [0, 0.05) is 31.5 Å². The Balaban J connectivity index is 1.69. The fraction of sp³-hybridized carbons (Fsp3) is 0.588. The smallest absolute Gasteiger partial charge is 0.229 e. The molecule has 0 amide bonds. The minimum absolute atomic E-state index is 0.262. The van der Waals surface area contributed by atoms with Crippen molar-refractivity contribution in [2.24, 2.45) is 7.05 Å². The Kier molecular flexibility index (Phi) is 3.67. The molecule has 0 aromatic carbocycles. The zero-order valence-corrected chi connectivity index (χ0v) is 13.8. The Morgan fingerprint density at radius 3 is 2.87 bits per heavy atom. The predicted molar refractivity (Wildman–Crippen MR) is 87.8 cm³/mol. The van der Waals surface area contributed by atoms with E-state index in [1.165, 1.54) is 30.1 Å². The number of fused-ring (bicyclic) bond motifs is 1. The second kappa shape index (κ2) is 5.83. The third-order valence-corrected chi connectivity index (χ3v) is 5.04. The van der Waals surface area contributed by atoms with Crippen LogP contribution in [0.15, 0.2) is 12.3 Å². The molecule has 1 aliphatic heterocycles. The maximum absolute atomic E-state index is 5.25. The van der Waals surface area contributed by atoms with E-state index in [-0.39, 0.29) is 6.04 Å². The first-order valence-electron chi connectivity index (χ1n) is 8.46. The van der Waals surface area contributed by atoms with Gasteiger partial charge in [-0.25, -0.2) is 9.97 Å². The highest BCUT2D eigenvalue weighted by Crippen LogP contribution is 2.36. The van der Waals surface area contributed by atoms with Crippen LogP contribution in [0, 0.1) is 0 Å². The number of aryl methyl sites for hydroxylation is 1. The van der Waals surface area contributed by atoms with Gasteiger partial charge in [0.1, 0.15) is 5.82 Å². The SMILES string of the molecule is COc1ccnc(N2CCC[C@H]2c2nc3c(n2C)CCCC3)n1. The summed E-state index contributed by atoms with van der Waals surface area (Å²) in [6.07, 6.45) is 8.82. The van der Waals surface area contributed by atoms with Gasteiger partial charge in [0.25, 0.3) is 0 Å². The highest BCUT2D eigenvalue weighted by Gasteiger charge is 2.33.